The molecule has 2 heterocycles. The highest BCUT2D eigenvalue weighted by Gasteiger charge is 2.29. The molecule has 0 aliphatic rings. The van der Waals surface area contributed by atoms with E-state index < -0.39 is 48.7 Å². The number of nitrogen functional groups attached to an aromatic ring is 1. The highest BCUT2D eigenvalue weighted by Crippen LogP contribution is 2.37. The Morgan fingerprint density at radius 1 is 0.825 bits per heavy atom. The zero-order valence-electron chi connectivity index (χ0n) is 36.3. The number of oxazole rings is 1. The lowest BCUT2D eigenvalue weighted by molar-refractivity contribution is -0.163. The van der Waals surface area contributed by atoms with Gasteiger partial charge < -0.3 is 40.7 Å². The van der Waals surface area contributed by atoms with Gasteiger partial charge in [0.2, 0.25) is 17.7 Å². The molecule has 0 aliphatic heterocycles. The van der Waals surface area contributed by atoms with Gasteiger partial charge in [0.05, 0.1) is 17.3 Å². The topological polar surface area (TPSA) is 259 Å². The molecule has 2 amide bonds. The molecular formula is C45H53ClN8O8S. The fourth-order valence-electron chi connectivity index (χ4n) is 5.92. The number of thioether (sulfide) groups is 1. The number of nitrogens with one attached hydrogen (secondary N) is 2. The van der Waals surface area contributed by atoms with Gasteiger partial charge >= 0.3 is 11.9 Å². The van der Waals surface area contributed by atoms with E-state index in [1.807, 2.05) is 27.7 Å². The summed E-state index contributed by atoms with van der Waals surface area (Å²) in [6.45, 7) is 11.6. The lowest BCUT2D eigenvalue weighted by Gasteiger charge is -2.24. The number of pyridine rings is 1. The van der Waals surface area contributed by atoms with Crippen molar-refractivity contribution in [3.8, 4) is 40.5 Å². The second-order valence-corrected chi connectivity index (χ2v) is 16.6. The number of aromatic nitrogens is 2. The van der Waals surface area contributed by atoms with E-state index in [9.17, 15) is 29.7 Å². The predicted octanol–water partition coefficient (Wildman–Crippen LogP) is 6.57. The Kier molecular flexibility index (Phi) is 18.3. The molecule has 2 aromatic heterocycles. The van der Waals surface area contributed by atoms with E-state index in [0.29, 0.717) is 34.3 Å². The highest BCUT2D eigenvalue weighted by molar-refractivity contribution is 7.98. The van der Waals surface area contributed by atoms with Gasteiger partial charge in [-0.2, -0.15) is 10.5 Å². The molecule has 0 radical (unpaired) electrons. The minimum Gasteiger partial charge on any atom is -0.490 e. The molecule has 0 aliphatic carbocycles. The number of esters is 2. The number of amides is 2. The molecule has 4 aromatic rings. The van der Waals surface area contributed by atoms with E-state index in [0.717, 1.165) is 12.0 Å². The van der Waals surface area contributed by atoms with E-state index >= 15 is 0 Å². The lowest BCUT2D eigenvalue weighted by atomic mass is 9.93. The van der Waals surface area contributed by atoms with Crippen LogP contribution in [0.25, 0.3) is 22.6 Å². The van der Waals surface area contributed by atoms with Crippen molar-refractivity contribution in [3.05, 3.63) is 76.6 Å². The van der Waals surface area contributed by atoms with Gasteiger partial charge in [-0.15, -0.1) is 0 Å². The van der Waals surface area contributed by atoms with Crippen LogP contribution in [-0.4, -0.2) is 71.2 Å². The molecule has 334 valence electrons. The van der Waals surface area contributed by atoms with E-state index in [-0.39, 0.29) is 63.6 Å². The SMILES string of the molecule is CC[C@H](C)[C@H](C)C(=O)N[C@@H](C)C(=O)O[C@H](COC(=O)[C@H](C)NC(=O)[C@@H](N)[C@@H](C)CC)COc1ccc(-c2c(C#N)c(N)nc(SCc3coc(-c4ccc(Cl)cc4)n3)c2C#N)cc1. The third-order valence-corrected chi connectivity index (χ3v) is 11.8. The van der Waals surface area contributed by atoms with Gasteiger partial charge in [0.1, 0.15) is 65.9 Å². The molecule has 0 saturated carbocycles. The number of hydrogen-bond donors (Lipinski definition) is 4. The van der Waals surface area contributed by atoms with Gasteiger partial charge in [-0.25, -0.2) is 19.6 Å². The fraction of sp³-hybridized carbons (Fsp3) is 0.422. The molecule has 16 nitrogen and oxygen atoms in total. The third-order valence-electron chi connectivity index (χ3n) is 10.6. The maximum atomic E-state index is 13.2. The standard InChI is InChI=1S/C45H53ClN8O8S/c1-8-24(3)26(5)40(55)51-28(7)45(58)62-34(22-61-44(57)27(6)52-41(56)38(49)25(4)9-2)21-59-33-16-12-29(13-17-33)37-35(18-47)39(50)54-43(36(37)19-48)63-23-32-20-60-42(53-32)30-10-14-31(46)15-11-30/h10-17,20,24-28,34,38H,8-9,21-23,49H2,1-7H3,(H2,50,54)(H,51,55)(H,52,56)/t24-,25-,26-,27-,28-,34-,38-/m0/s1. The van der Waals surface area contributed by atoms with Crippen molar-refractivity contribution in [2.45, 2.75) is 96.3 Å². The first-order valence-corrected chi connectivity index (χ1v) is 21.8. The molecule has 0 spiro atoms. The summed E-state index contributed by atoms with van der Waals surface area (Å²) in [5.74, 6) is -1.90. The summed E-state index contributed by atoms with van der Waals surface area (Å²) in [5.41, 5.74) is 14.5. The Bertz CT molecular complexity index is 2310. The molecule has 0 unspecified atom stereocenters. The second-order valence-electron chi connectivity index (χ2n) is 15.2. The molecular weight excluding hydrogens is 848 g/mol. The first kappa shape index (κ1) is 49.5. The number of nitriles is 2. The maximum absolute atomic E-state index is 13.2. The maximum Gasteiger partial charge on any atom is 0.328 e. The van der Waals surface area contributed by atoms with Crippen LogP contribution in [0.1, 0.15) is 78.1 Å². The van der Waals surface area contributed by atoms with Crippen LogP contribution in [0.2, 0.25) is 5.02 Å². The predicted molar refractivity (Wildman–Crippen MR) is 238 cm³/mol. The number of anilines is 1. The lowest BCUT2D eigenvalue weighted by Crippen LogP contribution is -2.50. The summed E-state index contributed by atoms with van der Waals surface area (Å²) in [7, 11) is 0. The van der Waals surface area contributed by atoms with Crippen molar-refractivity contribution < 1.29 is 37.8 Å². The molecule has 18 heteroatoms. The molecule has 2 aromatic carbocycles. The number of halogens is 1. The van der Waals surface area contributed by atoms with E-state index in [1.165, 1.54) is 31.9 Å². The zero-order valence-corrected chi connectivity index (χ0v) is 37.8. The van der Waals surface area contributed by atoms with E-state index in [1.54, 1.807) is 55.5 Å². The van der Waals surface area contributed by atoms with Gasteiger partial charge in [-0.3, -0.25) is 9.59 Å². The average Bonchev–Trinajstić information content (AvgIpc) is 3.76. The third kappa shape index (κ3) is 13.4. The van der Waals surface area contributed by atoms with Crippen LogP contribution >= 0.6 is 23.4 Å². The van der Waals surface area contributed by atoms with Gasteiger partial charge in [0, 0.05) is 27.8 Å². The molecule has 0 saturated heterocycles. The van der Waals surface area contributed by atoms with Crippen LogP contribution in [0.4, 0.5) is 5.82 Å². The number of hydrogen-bond acceptors (Lipinski definition) is 15. The number of carbonyl (C=O) groups is 4. The Morgan fingerprint density at radius 3 is 2.05 bits per heavy atom. The van der Waals surface area contributed by atoms with Crippen molar-refractivity contribution in [1.29, 1.82) is 10.5 Å². The van der Waals surface area contributed by atoms with Crippen molar-refractivity contribution in [2.24, 2.45) is 23.5 Å². The average molecular weight is 901 g/mol. The number of carbonyl (C=O) groups excluding carboxylic acids is 4. The Hall–Kier alpha value is -6.14. The van der Waals surface area contributed by atoms with Gasteiger partial charge in [-0.1, -0.05) is 83.0 Å². The molecule has 7 atom stereocenters. The summed E-state index contributed by atoms with van der Waals surface area (Å²) < 4.78 is 22.8. The van der Waals surface area contributed by atoms with E-state index in [2.05, 4.69) is 32.7 Å². The molecule has 0 bridgehead atoms. The van der Waals surface area contributed by atoms with Gasteiger partial charge in [0.25, 0.3) is 0 Å². The fourth-order valence-corrected chi connectivity index (χ4v) is 6.92. The first-order valence-electron chi connectivity index (χ1n) is 20.4. The van der Waals surface area contributed by atoms with Crippen molar-refractivity contribution in [1.82, 2.24) is 20.6 Å². The number of ether oxygens (including phenoxy) is 3. The number of nitrogens with zero attached hydrogens (tertiary/aromatic N) is 4. The number of nitrogens with two attached hydrogens (primary N) is 2. The highest BCUT2D eigenvalue weighted by atomic mass is 35.5. The molecule has 4 rings (SSSR count). The smallest absolute Gasteiger partial charge is 0.328 e. The Morgan fingerprint density at radius 2 is 1.43 bits per heavy atom. The van der Waals surface area contributed by atoms with Crippen LogP contribution < -0.4 is 26.8 Å². The quantitative estimate of drug-likeness (QED) is 0.0509. The van der Waals surface area contributed by atoms with Crippen LogP contribution in [0, 0.1) is 40.4 Å². The number of rotatable bonds is 21. The first-order chi connectivity index (χ1) is 30.0. The van der Waals surface area contributed by atoms with Crippen LogP contribution in [0.3, 0.4) is 0 Å². The Labute approximate surface area is 376 Å². The monoisotopic (exact) mass is 900 g/mol. The second kappa shape index (κ2) is 23.3. The van der Waals surface area contributed by atoms with Crippen LogP contribution in [-0.2, 0) is 34.4 Å². The zero-order chi connectivity index (χ0) is 46.4. The summed E-state index contributed by atoms with van der Waals surface area (Å²) in [5, 5.41) is 26.5. The minimum atomic E-state index is -1.15. The molecule has 63 heavy (non-hydrogen) atoms. The number of benzene rings is 2. The van der Waals surface area contributed by atoms with E-state index in [4.69, 9.17) is 41.7 Å². The van der Waals surface area contributed by atoms with Crippen molar-refractivity contribution in [3.63, 3.8) is 0 Å². The normalized spacial score (nSPS) is 14.3. The van der Waals surface area contributed by atoms with Gasteiger partial charge in [-0.05, 0) is 67.6 Å². The van der Waals surface area contributed by atoms with Gasteiger partial charge in [0.15, 0.2) is 6.10 Å². The minimum absolute atomic E-state index is 0.0110. The Balaban J connectivity index is 1.50. The molecule has 0 fully saturated rings. The largest absolute Gasteiger partial charge is 0.490 e. The summed E-state index contributed by atoms with van der Waals surface area (Å²) in [6, 6.07) is 14.8. The summed E-state index contributed by atoms with van der Waals surface area (Å²) in [6.07, 6.45) is 1.79. The van der Waals surface area contributed by atoms with Crippen LogP contribution in [0.5, 0.6) is 5.75 Å². The summed E-state index contributed by atoms with van der Waals surface area (Å²) >= 11 is 7.21. The summed E-state index contributed by atoms with van der Waals surface area (Å²) in [4.78, 5) is 60.5. The van der Waals surface area contributed by atoms with Crippen molar-refractivity contribution >= 4 is 52.9 Å². The molecule has 6 N–H and O–H groups in total. The van der Waals surface area contributed by atoms with Crippen molar-refractivity contribution in [2.75, 3.05) is 18.9 Å². The van der Waals surface area contributed by atoms with Crippen LogP contribution in [0.15, 0.2) is 64.2 Å².